The van der Waals surface area contributed by atoms with Crippen molar-refractivity contribution in [1.82, 2.24) is 25.1 Å². The number of carbonyl (C=O) groups is 1. The zero-order valence-electron chi connectivity index (χ0n) is 38.2. The summed E-state index contributed by atoms with van der Waals surface area (Å²) < 4.78 is 1.46. The highest BCUT2D eigenvalue weighted by Crippen LogP contribution is 2.49. The smallest absolute Gasteiger partial charge is 0.220 e. The van der Waals surface area contributed by atoms with Crippen molar-refractivity contribution >= 4 is 74.2 Å². The van der Waals surface area contributed by atoms with E-state index in [1.54, 1.807) is 24.1 Å². The fourth-order valence-electron chi connectivity index (χ4n) is 10.3. The van der Waals surface area contributed by atoms with Crippen LogP contribution in [0.3, 0.4) is 0 Å². The van der Waals surface area contributed by atoms with Crippen LogP contribution in [0, 0.1) is 11.3 Å². The first-order valence-corrected chi connectivity index (χ1v) is 23.3. The molecule has 67 heavy (non-hydrogen) atoms. The average Bonchev–Trinajstić information content (AvgIpc) is 3.91. The van der Waals surface area contributed by atoms with Gasteiger partial charge < -0.3 is 30.4 Å². The normalized spacial score (nSPS) is 16.5. The number of aryl methyl sites for hydroxylation is 1. The highest BCUT2D eigenvalue weighted by molar-refractivity contribution is 6.10. The van der Waals surface area contributed by atoms with Gasteiger partial charge in [-0.05, 0) is 85.7 Å². The molecular weight excluding hydrogens is 845 g/mol. The Morgan fingerprint density at radius 1 is 0.851 bits per heavy atom. The van der Waals surface area contributed by atoms with E-state index in [9.17, 15) is 34.0 Å². The molecule has 0 bridgehead atoms. The van der Waals surface area contributed by atoms with Crippen LogP contribution in [0.2, 0.25) is 0 Å². The van der Waals surface area contributed by atoms with E-state index in [0.717, 1.165) is 105 Å². The average molecular weight is 899 g/mol. The van der Waals surface area contributed by atoms with E-state index in [0.29, 0.717) is 53.5 Å². The number of aromatic nitrogens is 2. The summed E-state index contributed by atoms with van der Waals surface area (Å²) in [4.78, 5) is 81.5. The number of fused-ring (bicyclic) bond motifs is 5. The van der Waals surface area contributed by atoms with E-state index in [2.05, 4.69) is 75.6 Å². The Hall–Kier alpha value is -7.43. The van der Waals surface area contributed by atoms with Gasteiger partial charge in [-0.25, -0.2) is 24.0 Å². The number of allylic oxidation sites excluding steroid dienone is 2. The summed E-state index contributed by atoms with van der Waals surface area (Å²) in [6, 6.07) is 16.9. The van der Waals surface area contributed by atoms with Gasteiger partial charge in [0.2, 0.25) is 5.91 Å². The summed E-state index contributed by atoms with van der Waals surface area (Å²) >= 11 is 0. The minimum absolute atomic E-state index is 0.0349. The molecule has 1 atom stereocenters. The molecule has 2 aromatic heterocycles. The monoisotopic (exact) mass is 898 g/mol. The van der Waals surface area contributed by atoms with Crippen LogP contribution in [-0.4, -0.2) is 95.9 Å². The van der Waals surface area contributed by atoms with Crippen LogP contribution >= 0.6 is 0 Å². The number of hydrogen-bond acceptors (Lipinski definition) is 11. The quantitative estimate of drug-likeness (QED) is 0.0855. The Morgan fingerprint density at radius 2 is 1.63 bits per heavy atom. The fraction of sp³-hybridized carbons (Fsp3) is 0.396. The molecule has 4 N–H and O–H groups in total. The van der Waals surface area contributed by atoms with Crippen molar-refractivity contribution in [3.05, 3.63) is 104 Å². The third-order valence-corrected chi connectivity index (χ3v) is 13.8. The molecule has 342 valence electrons. The second-order valence-corrected chi connectivity index (χ2v) is 18.1. The lowest BCUT2D eigenvalue weighted by Gasteiger charge is -2.39. The minimum Gasteiger partial charge on any atom is -0.384 e. The van der Waals surface area contributed by atoms with Crippen LogP contribution in [0.5, 0.6) is 0 Å². The first-order chi connectivity index (χ1) is 32.6. The maximum Gasteiger partial charge on any atom is 0.220 e. The van der Waals surface area contributed by atoms with Crippen molar-refractivity contribution in [1.29, 1.82) is 5.26 Å². The van der Waals surface area contributed by atoms with E-state index in [4.69, 9.17) is 0 Å². The molecule has 1 unspecified atom stereocenters. The van der Waals surface area contributed by atoms with Gasteiger partial charge >= 0.3 is 0 Å². The Labute approximate surface area is 388 Å². The first kappa shape index (κ1) is 46.1. The number of rotatable bonds is 15. The molecule has 5 aromatic rings. The summed E-state index contributed by atoms with van der Waals surface area (Å²) in [7, 11) is 0. The molecule has 2 saturated heterocycles. The van der Waals surface area contributed by atoms with Crippen LogP contribution in [0.25, 0.3) is 27.2 Å². The van der Waals surface area contributed by atoms with Crippen molar-refractivity contribution in [3.8, 4) is 6.07 Å². The molecule has 1 amide bonds. The fourth-order valence-corrected chi connectivity index (χ4v) is 10.3. The second kappa shape index (κ2) is 20.0. The largest absolute Gasteiger partial charge is 0.384 e. The van der Waals surface area contributed by atoms with Crippen molar-refractivity contribution in [3.63, 3.8) is 0 Å². The number of anilines is 2. The summed E-state index contributed by atoms with van der Waals surface area (Å²) in [6.45, 7) is 12.1. The SMILES string of the molecule is CCc1cc2c(cc1N1CCN(CCCC(=O)NCCCCCCNc3cccc4c(=C=O)n(C5CCC(=C=O)NC5=C=O)c(=C=O)c34)CC1)C(C)(C)c1[nH]c3cc(C#N)ccc3c1C2=C=O. The van der Waals surface area contributed by atoms with Crippen LogP contribution in [0.1, 0.15) is 112 Å². The maximum atomic E-state index is 12.7. The van der Waals surface area contributed by atoms with Gasteiger partial charge in [0.15, 0.2) is 11.9 Å². The topological polar surface area (TPSA) is 189 Å². The number of benzene rings is 3. The van der Waals surface area contributed by atoms with Crippen LogP contribution in [-0.2, 0) is 40.6 Å². The van der Waals surface area contributed by atoms with Gasteiger partial charge in [-0.3, -0.25) is 9.69 Å². The van der Waals surface area contributed by atoms with Gasteiger partial charge in [0, 0.05) is 102 Å². The van der Waals surface area contributed by atoms with Crippen molar-refractivity contribution in [2.24, 2.45) is 0 Å². The molecule has 2 aliphatic heterocycles. The van der Waals surface area contributed by atoms with Gasteiger partial charge in [-0.1, -0.05) is 51.8 Å². The van der Waals surface area contributed by atoms with Gasteiger partial charge in [0.1, 0.15) is 39.9 Å². The van der Waals surface area contributed by atoms with E-state index < -0.39 is 11.5 Å². The lowest BCUT2D eigenvalue weighted by molar-refractivity contribution is -0.121. The molecule has 0 spiro atoms. The highest BCUT2D eigenvalue weighted by atomic mass is 16.1. The molecule has 0 radical (unpaired) electrons. The number of piperidine rings is 1. The number of piperazine rings is 1. The molecular formula is C53H54N8O6. The van der Waals surface area contributed by atoms with Crippen molar-refractivity contribution in [2.75, 3.05) is 56.0 Å². The predicted octanol–water partition coefficient (Wildman–Crippen LogP) is 4.51. The number of aromatic amines is 1. The van der Waals surface area contributed by atoms with Crippen LogP contribution in [0.15, 0.2) is 59.9 Å². The van der Waals surface area contributed by atoms with Gasteiger partial charge in [-0.2, -0.15) is 5.26 Å². The zero-order chi connectivity index (χ0) is 47.2. The molecule has 3 aromatic carbocycles. The van der Waals surface area contributed by atoms with Crippen LogP contribution < -0.4 is 31.5 Å². The van der Waals surface area contributed by atoms with E-state index in [-0.39, 0.29) is 34.4 Å². The number of amides is 1. The van der Waals surface area contributed by atoms with Crippen molar-refractivity contribution < 1.29 is 28.8 Å². The predicted molar refractivity (Wildman–Crippen MR) is 258 cm³/mol. The molecule has 14 nitrogen and oxygen atoms in total. The molecule has 14 heteroatoms. The first-order valence-electron chi connectivity index (χ1n) is 23.3. The number of nitrogens with one attached hydrogen (secondary N) is 4. The van der Waals surface area contributed by atoms with E-state index in [1.807, 2.05) is 36.0 Å². The van der Waals surface area contributed by atoms with Crippen LogP contribution in [0.4, 0.5) is 11.4 Å². The Bertz CT molecular complexity index is 3150. The minimum atomic E-state index is -0.722. The standard InChI is InChI=1S/C53H54N8O6/c1-4-35-26-39-40(30-63)50-37-16-14-34(28-54)25-43(37)58-52(50)53(2,3)41(39)27-46(35)60-23-21-59(22-24-60)20-10-13-49(67)56-19-8-6-5-7-18-55-42-12-9-11-38-47(32-65)61(48(33-66)51(38)42)45-17-15-36(29-62)57-44(45)31-64/h9,11-12,14,16,25-27,45,55,57-58H,4-8,10,13,15,17-24H2,1-3H3,(H,56,67). The molecule has 1 aliphatic carbocycles. The molecule has 4 heterocycles. The number of H-pyrrole nitrogens is 1. The zero-order valence-corrected chi connectivity index (χ0v) is 38.2. The highest BCUT2D eigenvalue weighted by Gasteiger charge is 2.39. The Morgan fingerprint density at radius 3 is 2.33 bits per heavy atom. The van der Waals surface area contributed by atoms with Crippen molar-refractivity contribution in [2.45, 2.75) is 90.0 Å². The third-order valence-electron chi connectivity index (χ3n) is 13.8. The number of nitriles is 1. The summed E-state index contributed by atoms with van der Waals surface area (Å²) in [5.41, 5.74) is 8.68. The number of nitrogens with zero attached hydrogens (tertiary/aromatic N) is 4. The molecule has 8 rings (SSSR count). The second-order valence-electron chi connectivity index (χ2n) is 18.1. The number of unbranched alkanes of at least 4 members (excludes halogenated alkanes) is 3. The molecule has 2 fully saturated rings. The lowest BCUT2D eigenvalue weighted by atomic mass is 9.69. The number of carbonyl (C=O) groups excluding carboxylic acids is 6. The van der Waals surface area contributed by atoms with E-state index in [1.165, 1.54) is 15.8 Å². The Kier molecular flexibility index (Phi) is 13.8. The number of hydrogen-bond donors (Lipinski definition) is 4. The maximum absolute atomic E-state index is 12.7. The van der Waals surface area contributed by atoms with E-state index >= 15 is 0 Å². The molecule has 3 aliphatic rings. The summed E-state index contributed by atoms with van der Waals surface area (Å²) in [5.74, 6) is 9.87. The van der Waals surface area contributed by atoms with Gasteiger partial charge in [0.25, 0.3) is 0 Å². The molecule has 0 saturated carbocycles. The summed E-state index contributed by atoms with van der Waals surface area (Å²) in [6.07, 6.45) is 6.21. The Balaban J connectivity index is 0.773. The summed E-state index contributed by atoms with van der Waals surface area (Å²) in [5, 5.41) is 20.9. The van der Waals surface area contributed by atoms with Gasteiger partial charge in [0.05, 0.1) is 23.2 Å². The van der Waals surface area contributed by atoms with Gasteiger partial charge in [-0.15, -0.1) is 0 Å². The lowest BCUT2D eigenvalue weighted by Crippen LogP contribution is -2.47. The third kappa shape index (κ3) is 8.85.